The van der Waals surface area contributed by atoms with Gasteiger partial charge in [-0.1, -0.05) is 27.7 Å². The standard InChI is InChI=1S/C12H21NO3/c1-8(12(2,3)4)10(14)13-6-5-9(7-13)11(15)16/h8-9H,5-7H2,1-4H3,(H,15,16). The Bertz CT molecular complexity index is 293. The van der Waals surface area contributed by atoms with Crippen molar-refractivity contribution in [2.45, 2.75) is 34.1 Å². The maximum absolute atomic E-state index is 12.1. The van der Waals surface area contributed by atoms with Crippen molar-refractivity contribution in [3.63, 3.8) is 0 Å². The summed E-state index contributed by atoms with van der Waals surface area (Å²) in [5.74, 6) is -1.16. The van der Waals surface area contributed by atoms with Crippen molar-refractivity contribution in [1.82, 2.24) is 4.90 Å². The lowest BCUT2D eigenvalue weighted by molar-refractivity contribution is -0.142. The van der Waals surface area contributed by atoms with E-state index in [0.29, 0.717) is 19.5 Å². The van der Waals surface area contributed by atoms with Gasteiger partial charge in [0.05, 0.1) is 5.92 Å². The van der Waals surface area contributed by atoms with Gasteiger partial charge in [0, 0.05) is 19.0 Å². The minimum atomic E-state index is -0.793. The summed E-state index contributed by atoms with van der Waals surface area (Å²) < 4.78 is 0. The van der Waals surface area contributed by atoms with Gasteiger partial charge >= 0.3 is 5.97 Å². The zero-order chi connectivity index (χ0) is 12.5. The van der Waals surface area contributed by atoms with Crippen LogP contribution in [0.1, 0.15) is 34.1 Å². The molecule has 0 spiro atoms. The minimum Gasteiger partial charge on any atom is -0.481 e. The van der Waals surface area contributed by atoms with Crippen LogP contribution in [0.3, 0.4) is 0 Å². The summed E-state index contributed by atoms with van der Waals surface area (Å²) in [7, 11) is 0. The molecule has 0 bridgehead atoms. The molecule has 16 heavy (non-hydrogen) atoms. The monoisotopic (exact) mass is 227 g/mol. The number of amides is 1. The van der Waals surface area contributed by atoms with Crippen LogP contribution in [-0.4, -0.2) is 35.0 Å². The van der Waals surface area contributed by atoms with Gasteiger partial charge in [-0.3, -0.25) is 9.59 Å². The quantitative estimate of drug-likeness (QED) is 0.779. The fraction of sp³-hybridized carbons (Fsp3) is 0.833. The van der Waals surface area contributed by atoms with E-state index in [9.17, 15) is 9.59 Å². The molecule has 2 unspecified atom stereocenters. The summed E-state index contributed by atoms with van der Waals surface area (Å²) in [6.45, 7) is 8.95. The smallest absolute Gasteiger partial charge is 0.308 e. The van der Waals surface area contributed by atoms with E-state index in [4.69, 9.17) is 5.11 Å². The van der Waals surface area contributed by atoms with E-state index in [1.54, 1.807) is 4.90 Å². The Kier molecular flexibility index (Phi) is 3.61. The number of carbonyl (C=O) groups is 2. The molecule has 2 atom stereocenters. The highest BCUT2D eigenvalue weighted by Gasteiger charge is 2.36. The Morgan fingerprint density at radius 1 is 1.38 bits per heavy atom. The van der Waals surface area contributed by atoms with Crippen LogP contribution < -0.4 is 0 Å². The molecule has 4 nitrogen and oxygen atoms in total. The summed E-state index contributed by atoms with van der Waals surface area (Å²) in [4.78, 5) is 24.6. The lowest BCUT2D eigenvalue weighted by Crippen LogP contribution is -2.39. The Morgan fingerprint density at radius 3 is 2.31 bits per heavy atom. The third-order valence-corrected chi connectivity index (χ3v) is 3.52. The molecule has 1 saturated heterocycles. The third kappa shape index (κ3) is 2.74. The molecule has 1 rings (SSSR count). The van der Waals surface area contributed by atoms with Crippen LogP contribution in [0.15, 0.2) is 0 Å². The number of rotatable bonds is 2. The number of hydrogen-bond donors (Lipinski definition) is 1. The first-order valence-corrected chi connectivity index (χ1v) is 5.75. The average Bonchev–Trinajstić information content (AvgIpc) is 2.62. The molecular weight excluding hydrogens is 206 g/mol. The number of carboxylic acid groups (broad SMARTS) is 1. The second-order valence-electron chi connectivity index (χ2n) is 5.70. The van der Waals surface area contributed by atoms with Crippen molar-refractivity contribution in [1.29, 1.82) is 0 Å². The van der Waals surface area contributed by atoms with Crippen LogP contribution in [-0.2, 0) is 9.59 Å². The summed E-state index contributed by atoms with van der Waals surface area (Å²) in [5, 5.41) is 8.87. The van der Waals surface area contributed by atoms with Crippen LogP contribution in [0.25, 0.3) is 0 Å². The van der Waals surface area contributed by atoms with Gasteiger partial charge in [0.15, 0.2) is 0 Å². The summed E-state index contributed by atoms with van der Waals surface area (Å²) in [6, 6.07) is 0. The zero-order valence-corrected chi connectivity index (χ0v) is 10.5. The first-order chi connectivity index (χ1) is 7.23. The molecule has 0 radical (unpaired) electrons. The molecule has 0 aliphatic carbocycles. The van der Waals surface area contributed by atoms with Gasteiger partial charge in [-0.05, 0) is 11.8 Å². The highest BCUT2D eigenvalue weighted by molar-refractivity contribution is 5.81. The largest absolute Gasteiger partial charge is 0.481 e. The van der Waals surface area contributed by atoms with E-state index in [2.05, 4.69) is 0 Å². The first kappa shape index (κ1) is 13.0. The fourth-order valence-electron chi connectivity index (χ4n) is 1.81. The number of carbonyl (C=O) groups excluding carboxylic acids is 1. The summed E-state index contributed by atoms with van der Waals surface area (Å²) in [5.41, 5.74) is -0.0710. The molecule has 92 valence electrons. The number of likely N-dealkylation sites (tertiary alicyclic amines) is 1. The van der Waals surface area contributed by atoms with Gasteiger partial charge in [-0.2, -0.15) is 0 Å². The molecule has 1 amide bonds. The second-order valence-corrected chi connectivity index (χ2v) is 5.70. The van der Waals surface area contributed by atoms with E-state index >= 15 is 0 Å². The second kappa shape index (κ2) is 4.44. The van der Waals surface area contributed by atoms with Gasteiger partial charge in [0.25, 0.3) is 0 Å². The average molecular weight is 227 g/mol. The van der Waals surface area contributed by atoms with Gasteiger partial charge < -0.3 is 10.0 Å². The molecule has 0 saturated carbocycles. The Labute approximate surface area is 96.6 Å². The molecule has 0 aromatic carbocycles. The number of carboxylic acids is 1. The van der Waals surface area contributed by atoms with Crippen molar-refractivity contribution in [2.75, 3.05) is 13.1 Å². The Balaban J connectivity index is 2.61. The minimum absolute atomic E-state index is 0.0694. The predicted octanol–water partition coefficient (Wildman–Crippen LogP) is 1.60. The first-order valence-electron chi connectivity index (χ1n) is 5.75. The van der Waals surface area contributed by atoms with E-state index in [1.165, 1.54) is 0 Å². The molecule has 1 fully saturated rings. The molecule has 0 aromatic heterocycles. The molecule has 1 aliphatic heterocycles. The molecular formula is C12H21NO3. The van der Waals surface area contributed by atoms with Crippen molar-refractivity contribution in [3.05, 3.63) is 0 Å². The van der Waals surface area contributed by atoms with Gasteiger partial charge in [0.2, 0.25) is 5.91 Å². The highest BCUT2D eigenvalue weighted by atomic mass is 16.4. The highest BCUT2D eigenvalue weighted by Crippen LogP contribution is 2.29. The van der Waals surface area contributed by atoms with Crippen molar-refractivity contribution in [2.24, 2.45) is 17.3 Å². The molecule has 1 heterocycles. The SMILES string of the molecule is CC(C(=O)N1CCC(C(=O)O)C1)C(C)(C)C. The van der Waals surface area contributed by atoms with E-state index < -0.39 is 5.97 Å². The van der Waals surface area contributed by atoms with Crippen LogP contribution in [0.4, 0.5) is 0 Å². The maximum Gasteiger partial charge on any atom is 0.308 e. The van der Waals surface area contributed by atoms with Gasteiger partial charge in [0.1, 0.15) is 0 Å². The van der Waals surface area contributed by atoms with Crippen LogP contribution in [0.2, 0.25) is 0 Å². The topological polar surface area (TPSA) is 57.6 Å². The van der Waals surface area contributed by atoms with Crippen LogP contribution in [0.5, 0.6) is 0 Å². The summed E-state index contributed by atoms with van der Waals surface area (Å²) in [6.07, 6.45) is 0.581. The summed E-state index contributed by atoms with van der Waals surface area (Å²) >= 11 is 0. The van der Waals surface area contributed by atoms with Crippen molar-refractivity contribution < 1.29 is 14.7 Å². The number of aliphatic carboxylic acids is 1. The molecule has 1 N–H and O–H groups in total. The maximum atomic E-state index is 12.1. The lowest BCUT2D eigenvalue weighted by Gasteiger charge is -2.30. The molecule has 0 aromatic rings. The zero-order valence-electron chi connectivity index (χ0n) is 10.5. The predicted molar refractivity (Wildman–Crippen MR) is 60.9 cm³/mol. The lowest BCUT2D eigenvalue weighted by atomic mass is 9.81. The molecule has 1 aliphatic rings. The van der Waals surface area contributed by atoms with E-state index in [-0.39, 0.29) is 23.2 Å². The van der Waals surface area contributed by atoms with Crippen molar-refractivity contribution in [3.8, 4) is 0 Å². The molecule has 4 heteroatoms. The number of nitrogens with zero attached hydrogens (tertiary/aromatic N) is 1. The fourth-order valence-corrected chi connectivity index (χ4v) is 1.81. The van der Waals surface area contributed by atoms with Crippen molar-refractivity contribution >= 4 is 11.9 Å². The Morgan fingerprint density at radius 2 is 1.94 bits per heavy atom. The third-order valence-electron chi connectivity index (χ3n) is 3.52. The normalized spacial score (nSPS) is 23.2. The number of hydrogen-bond acceptors (Lipinski definition) is 2. The Hall–Kier alpha value is -1.06. The van der Waals surface area contributed by atoms with E-state index in [1.807, 2.05) is 27.7 Å². The van der Waals surface area contributed by atoms with Gasteiger partial charge in [-0.15, -0.1) is 0 Å². The van der Waals surface area contributed by atoms with Crippen LogP contribution in [0, 0.1) is 17.3 Å². The van der Waals surface area contributed by atoms with E-state index in [0.717, 1.165) is 0 Å². The van der Waals surface area contributed by atoms with Crippen LogP contribution >= 0.6 is 0 Å². The van der Waals surface area contributed by atoms with Gasteiger partial charge in [-0.25, -0.2) is 0 Å².